The van der Waals surface area contributed by atoms with Gasteiger partial charge in [-0.3, -0.25) is 9.36 Å². The van der Waals surface area contributed by atoms with Crippen molar-refractivity contribution in [3.05, 3.63) is 12.2 Å². The first kappa shape index (κ1) is 58.2. The van der Waals surface area contributed by atoms with Crippen LogP contribution in [0.4, 0.5) is 0 Å². The van der Waals surface area contributed by atoms with Gasteiger partial charge in [0.15, 0.2) is 0 Å². The van der Waals surface area contributed by atoms with Gasteiger partial charge in [-0.2, -0.15) is 0 Å². The van der Waals surface area contributed by atoms with Crippen LogP contribution in [0.1, 0.15) is 251 Å². The lowest BCUT2D eigenvalue weighted by Gasteiger charge is -2.29. The summed E-state index contributed by atoms with van der Waals surface area (Å²) in [5.41, 5.74) is 0. The average Bonchev–Trinajstić information content (AvgIpc) is 3.19. The van der Waals surface area contributed by atoms with Gasteiger partial charge in [-0.15, -0.1) is 0 Å². The molecule has 0 aromatic rings. The fourth-order valence-electron chi connectivity index (χ4n) is 7.68. The van der Waals surface area contributed by atoms with Crippen molar-refractivity contribution >= 4 is 13.7 Å². The number of nitrogens with one attached hydrogen (secondary N) is 1. The van der Waals surface area contributed by atoms with Gasteiger partial charge >= 0.3 is 0 Å². The number of aliphatic hydroxyl groups is 1. The summed E-state index contributed by atoms with van der Waals surface area (Å²) in [4.78, 5) is 25.1. The molecular formula is C50H101N2O6P. The second-order valence-corrected chi connectivity index (χ2v) is 20.3. The number of amides is 1. The van der Waals surface area contributed by atoms with Gasteiger partial charge in [-0.1, -0.05) is 238 Å². The number of carbonyl (C=O) groups excluding carboxylic acids is 1. The second kappa shape index (κ2) is 42.5. The summed E-state index contributed by atoms with van der Waals surface area (Å²) >= 11 is 0. The monoisotopic (exact) mass is 857 g/mol. The molecule has 2 N–H and O–H groups in total. The predicted octanol–water partition coefficient (Wildman–Crippen LogP) is 14.1. The molecule has 0 aliphatic heterocycles. The summed E-state index contributed by atoms with van der Waals surface area (Å²) in [5.74, 6) is -0.202. The van der Waals surface area contributed by atoms with Crippen LogP contribution < -0.4 is 10.2 Å². The van der Waals surface area contributed by atoms with Crippen molar-refractivity contribution < 1.29 is 32.9 Å². The third-order valence-corrected chi connectivity index (χ3v) is 12.7. The highest BCUT2D eigenvalue weighted by Crippen LogP contribution is 2.38. The van der Waals surface area contributed by atoms with E-state index in [0.29, 0.717) is 17.4 Å². The van der Waals surface area contributed by atoms with Crippen molar-refractivity contribution in [1.29, 1.82) is 0 Å². The number of aliphatic hydroxyl groups excluding tert-OH is 1. The Morgan fingerprint density at radius 1 is 0.576 bits per heavy atom. The number of hydrogen-bond donors (Lipinski definition) is 2. The number of quaternary nitrogens is 1. The number of hydrogen-bond acceptors (Lipinski definition) is 6. The van der Waals surface area contributed by atoms with Crippen molar-refractivity contribution in [2.75, 3.05) is 40.9 Å². The minimum atomic E-state index is -4.58. The standard InChI is InChI=1S/C50H101N2O6P/c1-6-8-10-12-14-15-16-17-18-19-20-21-22-23-24-25-26-27-28-29-30-31-32-33-34-35-36-38-39-41-43-49(53)48(47-58-59(55,56)57-46-45-52(3,4)5)51-50(54)44-42-40-37-13-11-9-7-2/h41,43,48-49,53H,6-40,42,44-47H2,1-5H3,(H-,51,54,55,56)/b43-41+. The van der Waals surface area contributed by atoms with Gasteiger partial charge in [0.25, 0.3) is 7.82 Å². The van der Waals surface area contributed by atoms with Crippen molar-refractivity contribution in [3.8, 4) is 0 Å². The summed E-state index contributed by atoms with van der Waals surface area (Å²) < 4.78 is 23.1. The molecule has 3 atom stereocenters. The number of allylic oxidation sites excluding steroid dienone is 1. The van der Waals surface area contributed by atoms with E-state index in [2.05, 4.69) is 19.2 Å². The highest BCUT2D eigenvalue weighted by Gasteiger charge is 2.23. The zero-order valence-corrected chi connectivity index (χ0v) is 40.9. The number of likely N-dealkylation sites (N-methyl/N-ethyl adjacent to an activating group) is 1. The first-order valence-electron chi connectivity index (χ1n) is 25.6. The van der Waals surface area contributed by atoms with Crippen LogP contribution >= 0.6 is 7.82 Å². The van der Waals surface area contributed by atoms with Gasteiger partial charge in [0.2, 0.25) is 5.91 Å². The Hall–Kier alpha value is -0.760. The first-order valence-corrected chi connectivity index (χ1v) is 27.0. The lowest BCUT2D eigenvalue weighted by molar-refractivity contribution is -0.870. The Kier molecular flexibility index (Phi) is 42.0. The molecule has 352 valence electrons. The molecule has 0 radical (unpaired) electrons. The molecule has 0 aromatic heterocycles. The zero-order chi connectivity index (χ0) is 43.6. The topological polar surface area (TPSA) is 108 Å². The van der Waals surface area contributed by atoms with Gasteiger partial charge in [0.1, 0.15) is 13.2 Å². The van der Waals surface area contributed by atoms with Crippen molar-refractivity contribution in [3.63, 3.8) is 0 Å². The average molecular weight is 857 g/mol. The number of phosphoric ester groups is 1. The molecule has 0 aliphatic carbocycles. The van der Waals surface area contributed by atoms with E-state index in [4.69, 9.17) is 9.05 Å². The van der Waals surface area contributed by atoms with Crippen LogP contribution in [-0.2, 0) is 18.4 Å². The van der Waals surface area contributed by atoms with Gasteiger partial charge in [-0.25, -0.2) is 0 Å². The molecule has 9 heteroatoms. The molecule has 0 aromatic carbocycles. The number of unbranched alkanes of at least 4 members (excludes halogenated alkanes) is 34. The smallest absolute Gasteiger partial charge is 0.268 e. The van der Waals surface area contributed by atoms with E-state index in [1.807, 2.05) is 27.2 Å². The number of nitrogens with zero attached hydrogens (tertiary/aromatic N) is 1. The molecule has 0 fully saturated rings. The van der Waals surface area contributed by atoms with E-state index in [1.165, 1.54) is 193 Å². The molecule has 0 rings (SSSR count). The lowest BCUT2D eigenvalue weighted by Crippen LogP contribution is -2.45. The van der Waals surface area contributed by atoms with Gasteiger partial charge < -0.3 is 28.8 Å². The molecule has 0 saturated heterocycles. The maximum Gasteiger partial charge on any atom is 0.268 e. The summed E-state index contributed by atoms with van der Waals surface area (Å²) in [7, 11) is 1.27. The molecule has 0 saturated carbocycles. The largest absolute Gasteiger partial charge is 0.756 e. The highest BCUT2D eigenvalue weighted by molar-refractivity contribution is 7.45. The Morgan fingerprint density at radius 3 is 1.27 bits per heavy atom. The molecule has 0 spiro atoms. The first-order chi connectivity index (χ1) is 28.5. The number of phosphoric acid groups is 1. The van der Waals surface area contributed by atoms with Crippen LogP contribution in [0.5, 0.6) is 0 Å². The van der Waals surface area contributed by atoms with E-state index < -0.39 is 20.0 Å². The van der Waals surface area contributed by atoms with Crippen molar-refractivity contribution in [2.45, 2.75) is 264 Å². The maximum absolute atomic E-state index is 12.7. The summed E-state index contributed by atoms with van der Waals surface area (Å²) in [6.45, 7) is 4.62. The highest BCUT2D eigenvalue weighted by atomic mass is 31.2. The Morgan fingerprint density at radius 2 is 0.915 bits per heavy atom. The van der Waals surface area contributed by atoms with Crippen LogP contribution in [0.25, 0.3) is 0 Å². The lowest BCUT2D eigenvalue weighted by atomic mass is 10.0. The summed E-state index contributed by atoms with van der Waals surface area (Å²) in [6, 6.07) is -0.878. The van der Waals surface area contributed by atoms with E-state index in [9.17, 15) is 19.4 Å². The van der Waals surface area contributed by atoms with Crippen LogP contribution in [0.15, 0.2) is 12.2 Å². The molecule has 8 nitrogen and oxygen atoms in total. The Bertz CT molecular complexity index is 974. The molecular weight excluding hydrogens is 756 g/mol. The molecule has 59 heavy (non-hydrogen) atoms. The molecule has 0 bridgehead atoms. The van der Waals surface area contributed by atoms with Crippen molar-refractivity contribution in [1.82, 2.24) is 5.32 Å². The zero-order valence-electron chi connectivity index (χ0n) is 40.0. The Labute approximate surface area is 367 Å². The fraction of sp³-hybridized carbons (Fsp3) is 0.940. The maximum atomic E-state index is 12.7. The van der Waals surface area contributed by atoms with Gasteiger partial charge in [-0.05, 0) is 19.3 Å². The summed E-state index contributed by atoms with van der Waals surface area (Å²) in [6.07, 6.45) is 50.3. The minimum Gasteiger partial charge on any atom is -0.756 e. The van der Waals surface area contributed by atoms with Crippen LogP contribution in [0.3, 0.4) is 0 Å². The predicted molar refractivity (Wildman–Crippen MR) is 252 cm³/mol. The van der Waals surface area contributed by atoms with E-state index >= 15 is 0 Å². The van der Waals surface area contributed by atoms with Gasteiger partial charge in [0, 0.05) is 6.42 Å². The molecule has 0 aliphatic rings. The minimum absolute atomic E-state index is 0.00167. The van der Waals surface area contributed by atoms with Crippen LogP contribution in [-0.4, -0.2) is 68.5 Å². The van der Waals surface area contributed by atoms with E-state index in [-0.39, 0.29) is 19.1 Å². The molecule has 3 unspecified atom stereocenters. The SMILES string of the molecule is CCCCCCCCCCCCCCCCCCCCCCCCCCCCCC/C=C/C(O)C(COP(=O)([O-])OCC[N+](C)(C)C)NC(=O)CCCCCCCCC. The van der Waals surface area contributed by atoms with Crippen LogP contribution in [0, 0.1) is 0 Å². The van der Waals surface area contributed by atoms with Gasteiger partial charge in [0.05, 0.1) is 39.9 Å². The third kappa shape index (κ3) is 45.1. The molecule has 1 amide bonds. The number of rotatable bonds is 47. The van der Waals surface area contributed by atoms with E-state index in [1.54, 1.807) is 6.08 Å². The Balaban J connectivity index is 3.96. The summed E-state index contributed by atoms with van der Waals surface area (Å²) in [5, 5.41) is 13.7. The normalized spacial score (nSPS) is 14.2. The van der Waals surface area contributed by atoms with Crippen molar-refractivity contribution in [2.24, 2.45) is 0 Å². The molecule has 0 heterocycles. The van der Waals surface area contributed by atoms with Crippen LogP contribution in [0.2, 0.25) is 0 Å². The third-order valence-electron chi connectivity index (χ3n) is 11.7. The second-order valence-electron chi connectivity index (χ2n) is 18.9. The quantitative estimate of drug-likeness (QED) is 0.0273. The number of carbonyl (C=O) groups is 1. The van der Waals surface area contributed by atoms with E-state index in [0.717, 1.165) is 38.5 Å². The fourth-order valence-corrected chi connectivity index (χ4v) is 8.41.